The number of hydrogen-bond acceptors (Lipinski definition) is 2. The SMILES string of the molecule is Cc1cc(Oc2ccc(C(N)=S)c(Br)c2)ccc1Cl. The first-order valence-electron chi connectivity index (χ1n) is 5.51. The van der Waals surface area contributed by atoms with Gasteiger partial charge in [-0.15, -0.1) is 0 Å². The van der Waals surface area contributed by atoms with Gasteiger partial charge < -0.3 is 10.5 Å². The van der Waals surface area contributed by atoms with Crippen LogP contribution in [-0.2, 0) is 0 Å². The first kappa shape index (κ1) is 14.3. The zero-order valence-electron chi connectivity index (χ0n) is 10.1. The van der Waals surface area contributed by atoms with Crippen LogP contribution in [0.15, 0.2) is 40.9 Å². The molecule has 0 atom stereocenters. The second kappa shape index (κ2) is 5.90. The van der Waals surface area contributed by atoms with E-state index < -0.39 is 0 Å². The van der Waals surface area contributed by atoms with Crippen LogP contribution < -0.4 is 10.5 Å². The maximum Gasteiger partial charge on any atom is 0.128 e. The third-order valence-corrected chi connectivity index (χ3v) is 3.87. The number of halogens is 2. The maximum atomic E-state index is 5.97. The van der Waals surface area contributed by atoms with E-state index in [2.05, 4.69) is 15.9 Å². The Labute approximate surface area is 130 Å². The Morgan fingerprint density at radius 1 is 1.21 bits per heavy atom. The first-order valence-corrected chi connectivity index (χ1v) is 7.08. The van der Waals surface area contributed by atoms with Gasteiger partial charge in [0, 0.05) is 15.1 Å². The van der Waals surface area contributed by atoms with Crippen LogP contribution in [0.2, 0.25) is 5.02 Å². The molecule has 0 aliphatic heterocycles. The molecule has 0 aliphatic carbocycles. The Morgan fingerprint density at radius 3 is 2.42 bits per heavy atom. The minimum absolute atomic E-state index is 0.348. The molecule has 2 aromatic carbocycles. The van der Waals surface area contributed by atoms with E-state index in [4.69, 9.17) is 34.3 Å². The smallest absolute Gasteiger partial charge is 0.128 e. The van der Waals surface area contributed by atoms with Crippen LogP contribution in [0.25, 0.3) is 0 Å². The highest BCUT2D eigenvalue weighted by atomic mass is 79.9. The molecule has 0 heterocycles. The molecule has 2 nitrogen and oxygen atoms in total. The van der Waals surface area contributed by atoms with E-state index >= 15 is 0 Å². The molecule has 2 rings (SSSR count). The fraction of sp³-hybridized carbons (Fsp3) is 0.0714. The highest BCUT2D eigenvalue weighted by Crippen LogP contribution is 2.29. The van der Waals surface area contributed by atoms with Crippen molar-refractivity contribution in [2.45, 2.75) is 6.92 Å². The first-order chi connectivity index (χ1) is 8.97. The number of rotatable bonds is 3. The van der Waals surface area contributed by atoms with Gasteiger partial charge in [-0.1, -0.05) is 23.8 Å². The molecule has 0 aliphatic rings. The van der Waals surface area contributed by atoms with Gasteiger partial charge in [-0.05, 0) is 64.8 Å². The molecule has 0 amide bonds. The third kappa shape index (κ3) is 3.47. The molecular weight excluding hydrogens is 346 g/mol. The van der Waals surface area contributed by atoms with E-state index in [-0.39, 0.29) is 0 Å². The van der Waals surface area contributed by atoms with Gasteiger partial charge in [0.15, 0.2) is 0 Å². The molecule has 0 unspecified atom stereocenters. The average molecular weight is 357 g/mol. The summed E-state index contributed by atoms with van der Waals surface area (Å²) >= 11 is 14.3. The quantitative estimate of drug-likeness (QED) is 0.799. The lowest BCUT2D eigenvalue weighted by Crippen LogP contribution is -2.09. The molecule has 2 N–H and O–H groups in total. The van der Waals surface area contributed by atoms with Crippen molar-refractivity contribution in [3.05, 3.63) is 57.0 Å². The van der Waals surface area contributed by atoms with E-state index in [0.717, 1.165) is 26.4 Å². The Bertz CT molecular complexity index is 645. The molecule has 0 saturated carbocycles. The van der Waals surface area contributed by atoms with Crippen molar-refractivity contribution in [2.24, 2.45) is 5.73 Å². The van der Waals surface area contributed by atoms with Gasteiger partial charge in [0.1, 0.15) is 16.5 Å². The van der Waals surface area contributed by atoms with Crippen molar-refractivity contribution in [1.82, 2.24) is 0 Å². The number of hydrogen-bond donors (Lipinski definition) is 1. The fourth-order valence-corrected chi connectivity index (χ4v) is 2.57. The van der Waals surface area contributed by atoms with E-state index in [1.165, 1.54) is 0 Å². The van der Waals surface area contributed by atoms with Crippen molar-refractivity contribution in [3.8, 4) is 11.5 Å². The molecule has 98 valence electrons. The van der Waals surface area contributed by atoms with Gasteiger partial charge in [0.05, 0.1) is 0 Å². The van der Waals surface area contributed by atoms with Crippen molar-refractivity contribution >= 4 is 44.7 Å². The zero-order valence-corrected chi connectivity index (χ0v) is 13.3. The highest BCUT2D eigenvalue weighted by Gasteiger charge is 2.06. The fourth-order valence-electron chi connectivity index (χ4n) is 1.58. The molecule has 0 fully saturated rings. The van der Waals surface area contributed by atoms with Crippen LogP contribution in [-0.4, -0.2) is 4.99 Å². The van der Waals surface area contributed by atoms with E-state index in [0.29, 0.717) is 10.7 Å². The van der Waals surface area contributed by atoms with E-state index in [1.54, 1.807) is 0 Å². The molecule has 0 aromatic heterocycles. The van der Waals surface area contributed by atoms with Gasteiger partial charge in [-0.25, -0.2) is 0 Å². The number of aryl methyl sites for hydroxylation is 1. The molecule has 2 aromatic rings. The van der Waals surface area contributed by atoms with Gasteiger partial charge in [-0.2, -0.15) is 0 Å². The predicted molar refractivity (Wildman–Crippen MR) is 86.3 cm³/mol. The topological polar surface area (TPSA) is 35.2 Å². The van der Waals surface area contributed by atoms with Crippen LogP contribution in [0.4, 0.5) is 0 Å². The maximum absolute atomic E-state index is 5.97. The Kier molecular flexibility index (Phi) is 4.45. The summed E-state index contributed by atoms with van der Waals surface area (Å²) in [6.45, 7) is 1.93. The molecule has 0 radical (unpaired) electrons. The lowest BCUT2D eigenvalue weighted by Gasteiger charge is -2.09. The van der Waals surface area contributed by atoms with Crippen LogP contribution in [0, 0.1) is 6.92 Å². The molecule has 19 heavy (non-hydrogen) atoms. The zero-order chi connectivity index (χ0) is 14.0. The summed E-state index contributed by atoms with van der Waals surface area (Å²) < 4.78 is 6.57. The summed E-state index contributed by atoms with van der Waals surface area (Å²) in [6, 6.07) is 11.0. The van der Waals surface area contributed by atoms with E-state index in [1.807, 2.05) is 43.3 Å². The number of thiocarbonyl (C=S) groups is 1. The minimum Gasteiger partial charge on any atom is -0.457 e. The highest BCUT2D eigenvalue weighted by molar-refractivity contribution is 9.10. The standard InChI is InChI=1S/C14H11BrClNOS/c1-8-6-9(3-5-13(8)16)18-10-2-4-11(14(17)19)12(15)7-10/h2-7H,1H3,(H2,17,19). The molecule has 0 bridgehead atoms. The minimum atomic E-state index is 0.348. The Hall–Kier alpha value is -1.10. The number of nitrogens with two attached hydrogens (primary N) is 1. The monoisotopic (exact) mass is 355 g/mol. The summed E-state index contributed by atoms with van der Waals surface area (Å²) in [6.07, 6.45) is 0. The largest absolute Gasteiger partial charge is 0.457 e. The molecule has 5 heteroatoms. The summed E-state index contributed by atoms with van der Waals surface area (Å²) in [5, 5.41) is 0.720. The van der Waals surface area contributed by atoms with E-state index in [9.17, 15) is 0 Å². The number of benzene rings is 2. The van der Waals surface area contributed by atoms with Crippen molar-refractivity contribution in [3.63, 3.8) is 0 Å². The lowest BCUT2D eigenvalue weighted by molar-refractivity contribution is 0.482. The van der Waals surface area contributed by atoms with Crippen LogP contribution in [0.3, 0.4) is 0 Å². The summed E-state index contributed by atoms with van der Waals surface area (Å²) in [7, 11) is 0. The normalized spacial score (nSPS) is 10.3. The van der Waals surface area contributed by atoms with Crippen molar-refractivity contribution in [1.29, 1.82) is 0 Å². The predicted octanol–water partition coefficient (Wildman–Crippen LogP) is 4.84. The average Bonchev–Trinajstić information content (AvgIpc) is 2.33. The molecular formula is C14H11BrClNOS. The number of ether oxygens (including phenoxy) is 1. The van der Waals surface area contributed by atoms with Gasteiger partial charge in [0.25, 0.3) is 0 Å². The second-order valence-corrected chi connectivity index (χ2v) is 5.72. The van der Waals surface area contributed by atoms with Crippen LogP contribution in [0.5, 0.6) is 11.5 Å². The van der Waals surface area contributed by atoms with Gasteiger partial charge >= 0.3 is 0 Å². The summed E-state index contributed by atoms with van der Waals surface area (Å²) in [5.74, 6) is 1.44. The van der Waals surface area contributed by atoms with Crippen LogP contribution >= 0.6 is 39.7 Å². The van der Waals surface area contributed by atoms with Crippen molar-refractivity contribution < 1.29 is 4.74 Å². The Morgan fingerprint density at radius 2 is 1.84 bits per heavy atom. The van der Waals surface area contributed by atoms with Crippen molar-refractivity contribution in [2.75, 3.05) is 0 Å². The summed E-state index contributed by atoms with van der Waals surface area (Å²) in [5.41, 5.74) is 7.36. The Balaban J connectivity index is 2.26. The lowest BCUT2D eigenvalue weighted by atomic mass is 10.2. The van der Waals surface area contributed by atoms with Crippen LogP contribution in [0.1, 0.15) is 11.1 Å². The summed E-state index contributed by atoms with van der Waals surface area (Å²) in [4.78, 5) is 0.348. The van der Waals surface area contributed by atoms with Gasteiger partial charge in [-0.3, -0.25) is 0 Å². The third-order valence-electron chi connectivity index (χ3n) is 2.57. The molecule has 0 saturated heterocycles. The second-order valence-electron chi connectivity index (χ2n) is 4.02. The molecule has 0 spiro atoms. The van der Waals surface area contributed by atoms with Gasteiger partial charge in [0.2, 0.25) is 0 Å².